The summed E-state index contributed by atoms with van der Waals surface area (Å²) < 4.78 is 9.19. The standard InChI is InChI=1S/C12H19NO7/c1-4-19-12(18)7(2)5-9(11(16)17)13-10(15)6-20-8(3)14/h7,9H,4-6H2,1-3H3,(H,13,15)(H,16,17)/t7-,9-/m1/s1. The van der Waals surface area contributed by atoms with E-state index in [0.29, 0.717) is 0 Å². The highest BCUT2D eigenvalue weighted by Crippen LogP contribution is 2.09. The van der Waals surface area contributed by atoms with E-state index in [0.717, 1.165) is 6.92 Å². The van der Waals surface area contributed by atoms with Gasteiger partial charge in [0.05, 0.1) is 12.5 Å². The third-order valence-electron chi connectivity index (χ3n) is 2.32. The lowest BCUT2D eigenvalue weighted by Gasteiger charge is -2.17. The molecule has 0 aromatic heterocycles. The lowest BCUT2D eigenvalue weighted by molar-refractivity contribution is -0.150. The van der Waals surface area contributed by atoms with Gasteiger partial charge in [0.2, 0.25) is 0 Å². The van der Waals surface area contributed by atoms with E-state index >= 15 is 0 Å². The first-order valence-electron chi connectivity index (χ1n) is 6.10. The fourth-order valence-electron chi connectivity index (χ4n) is 1.36. The first-order valence-corrected chi connectivity index (χ1v) is 6.10. The Balaban J connectivity index is 4.43. The molecule has 114 valence electrons. The average molecular weight is 289 g/mol. The van der Waals surface area contributed by atoms with Crippen LogP contribution in [0.5, 0.6) is 0 Å². The van der Waals surface area contributed by atoms with E-state index in [1.807, 2.05) is 0 Å². The molecule has 0 heterocycles. The van der Waals surface area contributed by atoms with Crippen LogP contribution < -0.4 is 5.32 Å². The molecule has 0 aliphatic rings. The van der Waals surface area contributed by atoms with E-state index in [1.165, 1.54) is 6.92 Å². The van der Waals surface area contributed by atoms with Crippen LogP contribution in [-0.4, -0.2) is 48.2 Å². The summed E-state index contributed by atoms with van der Waals surface area (Å²) in [5.74, 6) is -3.88. The molecule has 0 fully saturated rings. The zero-order valence-electron chi connectivity index (χ0n) is 11.7. The molecule has 0 unspecified atom stereocenters. The summed E-state index contributed by atoms with van der Waals surface area (Å²) in [6.45, 7) is 3.91. The number of rotatable bonds is 8. The fourth-order valence-corrected chi connectivity index (χ4v) is 1.36. The summed E-state index contributed by atoms with van der Waals surface area (Å²) in [6, 6.07) is -1.25. The SMILES string of the molecule is CCOC(=O)[C@H](C)C[C@@H](NC(=O)COC(C)=O)C(=O)O. The van der Waals surface area contributed by atoms with Gasteiger partial charge in [-0.1, -0.05) is 6.92 Å². The van der Waals surface area contributed by atoms with Gasteiger partial charge in [0, 0.05) is 6.92 Å². The van der Waals surface area contributed by atoms with E-state index in [2.05, 4.69) is 10.1 Å². The van der Waals surface area contributed by atoms with E-state index < -0.39 is 42.4 Å². The van der Waals surface area contributed by atoms with Crippen LogP contribution in [0.15, 0.2) is 0 Å². The number of aliphatic carboxylic acids is 1. The van der Waals surface area contributed by atoms with E-state index in [4.69, 9.17) is 9.84 Å². The second-order valence-electron chi connectivity index (χ2n) is 4.13. The number of carboxylic acids is 1. The third-order valence-corrected chi connectivity index (χ3v) is 2.32. The van der Waals surface area contributed by atoms with Gasteiger partial charge in [-0.05, 0) is 13.3 Å². The molecule has 8 nitrogen and oxygen atoms in total. The van der Waals surface area contributed by atoms with Crippen molar-refractivity contribution in [3.05, 3.63) is 0 Å². The molecule has 0 aromatic carbocycles. The van der Waals surface area contributed by atoms with Crippen molar-refractivity contribution in [3.63, 3.8) is 0 Å². The number of carboxylic acid groups (broad SMARTS) is 1. The minimum absolute atomic E-state index is 0.111. The van der Waals surface area contributed by atoms with Gasteiger partial charge >= 0.3 is 17.9 Å². The Hall–Kier alpha value is -2.12. The Morgan fingerprint density at radius 2 is 1.80 bits per heavy atom. The van der Waals surface area contributed by atoms with Gasteiger partial charge < -0.3 is 19.9 Å². The van der Waals surface area contributed by atoms with Crippen LogP contribution >= 0.6 is 0 Å². The highest BCUT2D eigenvalue weighted by molar-refractivity contribution is 5.85. The predicted molar refractivity (Wildman–Crippen MR) is 66.6 cm³/mol. The quantitative estimate of drug-likeness (QED) is 0.589. The fraction of sp³-hybridized carbons (Fsp3) is 0.667. The maximum Gasteiger partial charge on any atom is 0.326 e. The van der Waals surface area contributed by atoms with Crippen molar-refractivity contribution in [1.29, 1.82) is 0 Å². The Kier molecular flexibility index (Phi) is 7.95. The van der Waals surface area contributed by atoms with Crippen LogP contribution in [0.1, 0.15) is 27.2 Å². The maximum atomic E-state index is 11.4. The van der Waals surface area contributed by atoms with Gasteiger partial charge in [-0.15, -0.1) is 0 Å². The molecule has 0 saturated carbocycles. The molecule has 2 N–H and O–H groups in total. The zero-order chi connectivity index (χ0) is 15.7. The van der Waals surface area contributed by atoms with Gasteiger partial charge in [-0.3, -0.25) is 14.4 Å². The number of nitrogens with one attached hydrogen (secondary N) is 1. The number of hydrogen-bond acceptors (Lipinski definition) is 6. The number of amides is 1. The molecule has 20 heavy (non-hydrogen) atoms. The Morgan fingerprint density at radius 3 is 2.25 bits per heavy atom. The molecule has 2 atom stereocenters. The molecule has 0 bridgehead atoms. The molecular formula is C12H19NO7. The van der Waals surface area contributed by atoms with Crippen molar-refractivity contribution < 1.29 is 33.8 Å². The monoisotopic (exact) mass is 289 g/mol. The largest absolute Gasteiger partial charge is 0.480 e. The number of carbonyl (C=O) groups is 4. The van der Waals surface area contributed by atoms with Crippen LogP contribution in [0, 0.1) is 5.92 Å². The zero-order valence-corrected chi connectivity index (χ0v) is 11.7. The molecule has 8 heteroatoms. The first kappa shape index (κ1) is 17.9. The van der Waals surface area contributed by atoms with Gasteiger partial charge in [0.15, 0.2) is 6.61 Å². The molecule has 0 saturated heterocycles. The van der Waals surface area contributed by atoms with Crippen LogP contribution in [0.2, 0.25) is 0 Å². The van der Waals surface area contributed by atoms with Gasteiger partial charge in [-0.25, -0.2) is 4.79 Å². The summed E-state index contributed by atoms with van der Waals surface area (Å²) in [6.07, 6.45) is -0.111. The number of hydrogen-bond donors (Lipinski definition) is 2. The van der Waals surface area contributed by atoms with E-state index in [9.17, 15) is 19.2 Å². The summed E-state index contributed by atoms with van der Waals surface area (Å²) in [5, 5.41) is 11.2. The molecule has 1 amide bonds. The molecule has 0 radical (unpaired) electrons. The smallest absolute Gasteiger partial charge is 0.326 e. The Labute approximate surface area is 116 Å². The van der Waals surface area contributed by atoms with E-state index in [-0.39, 0.29) is 13.0 Å². The minimum Gasteiger partial charge on any atom is -0.480 e. The molecule has 0 aromatic rings. The summed E-state index contributed by atoms with van der Waals surface area (Å²) in [4.78, 5) is 44.3. The van der Waals surface area contributed by atoms with Crippen molar-refractivity contribution in [2.75, 3.05) is 13.2 Å². The lowest BCUT2D eigenvalue weighted by atomic mass is 10.0. The second kappa shape index (κ2) is 8.89. The predicted octanol–water partition coefficient (Wildman–Crippen LogP) is -0.292. The maximum absolute atomic E-state index is 11.4. The van der Waals surface area contributed by atoms with Crippen molar-refractivity contribution >= 4 is 23.8 Å². The number of carbonyl (C=O) groups excluding carboxylic acids is 3. The van der Waals surface area contributed by atoms with Crippen LogP contribution in [0.3, 0.4) is 0 Å². The molecule has 0 rings (SSSR count). The Bertz CT molecular complexity index is 380. The summed E-state index contributed by atoms with van der Waals surface area (Å²) >= 11 is 0. The molecule has 0 aliphatic heterocycles. The van der Waals surface area contributed by atoms with Crippen molar-refractivity contribution in [3.8, 4) is 0 Å². The van der Waals surface area contributed by atoms with Crippen molar-refractivity contribution in [1.82, 2.24) is 5.32 Å². The highest BCUT2D eigenvalue weighted by Gasteiger charge is 2.26. The van der Waals surface area contributed by atoms with Crippen LogP contribution in [0.25, 0.3) is 0 Å². The Morgan fingerprint density at radius 1 is 1.20 bits per heavy atom. The molecule has 0 spiro atoms. The topological polar surface area (TPSA) is 119 Å². The van der Waals surface area contributed by atoms with Crippen LogP contribution in [-0.2, 0) is 28.7 Å². The van der Waals surface area contributed by atoms with Gasteiger partial charge in [0.25, 0.3) is 5.91 Å². The van der Waals surface area contributed by atoms with Gasteiger partial charge in [-0.2, -0.15) is 0 Å². The number of ether oxygens (including phenoxy) is 2. The van der Waals surface area contributed by atoms with Gasteiger partial charge in [0.1, 0.15) is 6.04 Å². The first-order chi connectivity index (χ1) is 9.27. The lowest BCUT2D eigenvalue weighted by Crippen LogP contribution is -2.44. The highest BCUT2D eigenvalue weighted by atomic mass is 16.5. The normalized spacial score (nSPS) is 12.9. The number of esters is 2. The molecular weight excluding hydrogens is 270 g/mol. The minimum atomic E-state index is -1.28. The van der Waals surface area contributed by atoms with Crippen molar-refractivity contribution in [2.45, 2.75) is 33.2 Å². The average Bonchev–Trinajstić information content (AvgIpc) is 2.35. The van der Waals surface area contributed by atoms with E-state index in [1.54, 1.807) is 6.92 Å². The summed E-state index contributed by atoms with van der Waals surface area (Å²) in [7, 11) is 0. The third kappa shape index (κ3) is 7.34. The molecule has 0 aliphatic carbocycles. The summed E-state index contributed by atoms with van der Waals surface area (Å²) in [5.41, 5.74) is 0. The van der Waals surface area contributed by atoms with Crippen LogP contribution in [0.4, 0.5) is 0 Å². The second-order valence-corrected chi connectivity index (χ2v) is 4.13. The van der Waals surface area contributed by atoms with Crippen molar-refractivity contribution in [2.24, 2.45) is 5.92 Å².